The number of rotatable bonds is 3. The van der Waals surface area contributed by atoms with Crippen LogP contribution >= 0.6 is 0 Å². The largest absolute Gasteiger partial charge is 0.355 e. The van der Waals surface area contributed by atoms with Crippen molar-refractivity contribution in [3.05, 3.63) is 52.7 Å². The average Bonchev–Trinajstić information content (AvgIpc) is 2.91. The number of aromatic amines is 1. The first kappa shape index (κ1) is 15.4. The molecule has 1 aliphatic heterocycles. The maximum Gasteiger partial charge on any atom is 0.287 e. The standard InChI is InChI=1S/C17H18N6O2/c24-23(25)13-6-7-16(18-12-13)21-8-3-9-22(11-10-21)17-19-14-4-1-2-5-15(14)20-17/h1-2,4-7,12H,3,8-11H2,(H,19,20). The summed E-state index contributed by atoms with van der Waals surface area (Å²) in [5.41, 5.74) is 2.02. The summed E-state index contributed by atoms with van der Waals surface area (Å²) in [7, 11) is 0. The lowest BCUT2D eigenvalue weighted by atomic mass is 10.3. The van der Waals surface area contributed by atoms with Crippen LogP contribution in [0.3, 0.4) is 0 Å². The normalized spacial score (nSPS) is 15.4. The Balaban J connectivity index is 1.48. The fraction of sp³-hybridized carbons (Fsp3) is 0.294. The number of fused-ring (bicyclic) bond motifs is 1. The third kappa shape index (κ3) is 3.10. The summed E-state index contributed by atoms with van der Waals surface area (Å²) in [6.45, 7) is 3.38. The summed E-state index contributed by atoms with van der Waals surface area (Å²) in [6.07, 6.45) is 2.28. The molecule has 3 heterocycles. The molecule has 2 aromatic heterocycles. The number of nitrogens with zero attached hydrogens (tertiary/aromatic N) is 5. The molecule has 128 valence electrons. The summed E-state index contributed by atoms with van der Waals surface area (Å²) in [6, 6.07) is 11.2. The Morgan fingerprint density at radius 3 is 2.60 bits per heavy atom. The van der Waals surface area contributed by atoms with Gasteiger partial charge in [-0.15, -0.1) is 0 Å². The first-order valence-corrected chi connectivity index (χ1v) is 8.26. The van der Waals surface area contributed by atoms with Crippen molar-refractivity contribution in [3.63, 3.8) is 0 Å². The molecule has 0 amide bonds. The quantitative estimate of drug-likeness (QED) is 0.583. The summed E-state index contributed by atoms with van der Waals surface area (Å²) in [5.74, 6) is 1.66. The number of H-pyrrole nitrogens is 1. The van der Waals surface area contributed by atoms with Crippen LogP contribution < -0.4 is 9.80 Å². The van der Waals surface area contributed by atoms with Gasteiger partial charge in [0.2, 0.25) is 5.95 Å². The van der Waals surface area contributed by atoms with Gasteiger partial charge in [0.25, 0.3) is 5.69 Å². The van der Waals surface area contributed by atoms with E-state index in [1.54, 1.807) is 6.07 Å². The zero-order valence-corrected chi connectivity index (χ0v) is 13.6. The number of nitrogens with one attached hydrogen (secondary N) is 1. The number of hydrogen-bond donors (Lipinski definition) is 1. The molecule has 0 radical (unpaired) electrons. The van der Waals surface area contributed by atoms with E-state index >= 15 is 0 Å². The lowest BCUT2D eigenvalue weighted by Crippen LogP contribution is -2.31. The Morgan fingerprint density at radius 1 is 1.04 bits per heavy atom. The van der Waals surface area contributed by atoms with Gasteiger partial charge in [0.05, 0.1) is 16.0 Å². The highest BCUT2D eigenvalue weighted by molar-refractivity contribution is 5.77. The van der Waals surface area contributed by atoms with Crippen molar-refractivity contribution < 1.29 is 4.92 Å². The number of imidazole rings is 1. The van der Waals surface area contributed by atoms with Crippen LogP contribution in [-0.4, -0.2) is 46.1 Å². The maximum absolute atomic E-state index is 10.8. The monoisotopic (exact) mass is 338 g/mol. The van der Waals surface area contributed by atoms with Crippen molar-refractivity contribution in [1.82, 2.24) is 15.0 Å². The van der Waals surface area contributed by atoms with E-state index in [-0.39, 0.29) is 5.69 Å². The molecule has 1 aromatic carbocycles. The predicted molar refractivity (Wildman–Crippen MR) is 96.0 cm³/mol. The molecule has 0 unspecified atom stereocenters. The number of hydrogen-bond acceptors (Lipinski definition) is 6. The Hall–Kier alpha value is -3.16. The predicted octanol–water partition coefficient (Wildman–Crippen LogP) is 2.58. The summed E-state index contributed by atoms with van der Waals surface area (Å²) in [5, 5.41) is 10.8. The highest BCUT2D eigenvalue weighted by atomic mass is 16.6. The fourth-order valence-electron chi connectivity index (χ4n) is 3.12. The topological polar surface area (TPSA) is 91.2 Å². The van der Waals surface area contributed by atoms with Gasteiger partial charge >= 0.3 is 0 Å². The highest BCUT2D eigenvalue weighted by Crippen LogP contribution is 2.21. The van der Waals surface area contributed by atoms with Crippen LogP contribution in [0.25, 0.3) is 11.0 Å². The van der Waals surface area contributed by atoms with Crippen molar-refractivity contribution in [2.24, 2.45) is 0 Å². The van der Waals surface area contributed by atoms with E-state index in [0.29, 0.717) is 0 Å². The fourth-order valence-corrected chi connectivity index (χ4v) is 3.12. The molecule has 4 rings (SSSR count). The number of nitro groups is 1. The van der Waals surface area contributed by atoms with E-state index in [2.05, 4.69) is 24.8 Å². The average molecular weight is 338 g/mol. The third-order valence-electron chi connectivity index (χ3n) is 4.44. The van der Waals surface area contributed by atoms with Crippen LogP contribution in [0.2, 0.25) is 0 Å². The van der Waals surface area contributed by atoms with Crippen molar-refractivity contribution in [1.29, 1.82) is 0 Å². The lowest BCUT2D eigenvalue weighted by Gasteiger charge is -2.22. The van der Waals surface area contributed by atoms with Gasteiger partial charge in [0.1, 0.15) is 12.0 Å². The molecular formula is C17H18N6O2. The van der Waals surface area contributed by atoms with Crippen molar-refractivity contribution in [2.45, 2.75) is 6.42 Å². The minimum absolute atomic E-state index is 0.0162. The second-order valence-corrected chi connectivity index (χ2v) is 6.04. The smallest absolute Gasteiger partial charge is 0.287 e. The second-order valence-electron chi connectivity index (χ2n) is 6.04. The minimum Gasteiger partial charge on any atom is -0.355 e. The van der Waals surface area contributed by atoms with Gasteiger partial charge < -0.3 is 14.8 Å². The molecule has 25 heavy (non-hydrogen) atoms. The molecule has 8 heteroatoms. The highest BCUT2D eigenvalue weighted by Gasteiger charge is 2.19. The first-order valence-electron chi connectivity index (χ1n) is 8.26. The maximum atomic E-state index is 10.8. The van der Waals surface area contributed by atoms with Crippen LogP contribution in [0.4, 0.5) is 17.5 Å². The van der Waals surface area contributed by atoms with Gasteiger partial charge in [-0.05, 0) is 24.6 Å². The SMILES string of the molecule is O=[N+]([O-])c1ccc(N2CCCN(c3nc4ccccc4[nH]3)CC2)nc1. The number of pyridine rings is 1. The molecule has 1 fully saturated rings. The summed E-state index contributed by atoms with van der Waals surface area (Å²) in [4.78, 5) is 27.0. The van der Waals surface area contributed by atoms with Gasteiger partial charge in [-0.3, -0.25) is 10.1 Å². The molecule has 0 saturated carbocycles. The van der Waals surface area contributed by atoms with Gasteiger partial charge in [-0.1, -0.05) is 12.1 Å². The zero-order chi connectivity index (χ0) is 17.2. The van der Waals surface area contributed by atoms with Gasteiger partial charge in [-0.25, -0.2) is 9.97 Å². The van der Waals surface area contributed by atoms with Crippen molar-refractivity contribution >= 4 is 28.5 Å². The van der Waals surface area contributed by atoms with Crippen molar-refractivity contribution in [2.75, 3.05) is 36.0 Å². The Kier molecular flexibility index (Phi) is 3.93. The van der Waals surface area contributed by atoms with E-state index in [4.69, 9.17) is 0 Å². The van der Waals surface area contributed by atoms with Crippen LogP contribution in [0, 0.1) is 10.1 Å². The molecule has 0 aliphatic carbocycles. The van der Waals surface area contributed by atoms with E-state index < -0.39 is 4.92 Å². The van der Waals surface area contributed by atoms with Crippen LogP contribution in [0.1, 0.15) is 6.42 Å². The number of anilines is 2. The van der Waals surface area contributed by atoms with Crippen LogP contribution in [0.15, 0.2) is 42.6 Å². The van der Waals surface area contributed by atoms with Gasteiger partial charge in [0, 0.05) is 32.2 Å². The van der Waals surface area contributed by atoms with Crippen LogP contribution in [-0.2, 0) is 0 Å². The number of benzene rings is 1. The van der Waals surface area contributed by atoms with E-state index in [1.165, 1.54) is 12.3 Å². The first-order chi connectivity index (χ1) is 12.2. The Bertz CT molecular complexity index is 859. The summed E-state index contributed by atoms with van der Waals surface area (Å²) < 4.78 is 0. The Morgan fingerprint density at radius 2 is 1.84 bits per heavy atom. The van der Waals surface area contributed by atoms with E-state index in [0.717, 1.165) is 55.4 Å². The molecule has 0 spiro atoms. The molecule has 8 nitrogen and oxygen atoms in total. The van der Waals surface area contributed by atoms with Crippen LogP contribution in [0.5, 0.6) is 0 Å². The zero-order valence-electron chi connectivity index (χ0n) is 13.6. The Labute approximate surface area is 144 Å². The summed E-state index contributed by atoms with van der Waals surface area (Å²) >= 11 is 0. The van der Waals surface area contributed by atoms with Crippen molar-refractivity contribution in [3.8, 4) is 0 Å². The molecule has 1 N–H and O–H groups in total. The van der Waals surface area contributed by atoms with Gasteiger partial charge in [-0.2, -0.15) is 0 Å². The van der Waals surface area contributed by atoms with E-state index in [1.807, 2.05) is 24.3 Å². The third-order valence-corrected chi connectivity index (χ3v) is 4.44. The molecule has 0 atom stereocenters. The van der Waals surface area contributed by atoms with Gasteiger partial charge in [0.15, 0.2) is 0 Å². The van der Waals surface area contributed by atoms with E-state index in [9.17, 15) is 10.1 Å². The minimum atomic E-state index is -0.428. The number of para-hydroxylation sites is 2. The molecule has 1 aliphatic rings. The lowest BCUT2D eigenvalue weighted by molar-refractivity contribution is -0.385. The second kappa shape index (κ2) is 6.39. The number of aromatic nitrogens is 3. The molecule has 0 bridgehead atoms. The molecular weight excluding hydrogens is 320 g/mol. The molecule has 1 saturated heterocycles. The molecule has 3 aromatic rings.